The number of nitrogens with two attached hydrogens (primary N) is 1. The quantitative estimate of drug-likeness (QED) is 0.843. The topological polar surface area (TPSA) is 55.5 Å². The van der Waals surface area contributed by atoms with Crippen molar-refractivity contribution in [2.45, 2.75) is 38.0 Å². The molecule has 0 heterocycles. The van der Waals surface area contributed by atoms with Crippen molar-refractivity contribution in [3.05, 3.63) is 23.8 Å². The number of ether oxygens (including phenoxy) is 1. The van der Waals surface area contributed by atoms with Crippen molar-refractivity contribution in [1.82, 2.24) is 0 Å². The molecule has 3 N–H and O–H groups in total. The van der Waals surface area contributed by atoms with Crippen LogP contribution in [-0.4, -0.2) is 18.3 Å². The minimum atomic E-state index is -0.0444. The van der Waals surface area contributed by atoms with Gasteiger partial charge in [0.1, 0.15) is 0 Å². The molecule has 17 heavy (non-hydrogen) atoms. The Morgan fingerprint density at radius 3 is 2.65 bits per heavy atom. The molecule has 3 nitrogen and oxygen atoms in total. The van der Waals surface area contributed by atoms with Crippen LogP contribution in [0.3, 0.4) is 0 Å². The lowest BCUT2D eigenvalue weighted by atomic mass is 9.78. The summed E-state index contributed by atoms with van der Waals surface area (Å²) >= 11 is 0. The summed E-state index contributed by atoms with van der Waals surface area (Å²) in [4.78, 5) is 0. The number of phenols is 1. The van der Waals surface area contributed by atoms with E-state index in [4.69, 9.17) is 10.5 Å². The molecular weight excluding hydrogens is 214 g/mol. The summed E-state index contributed by atoms with van der Waals surface area (Å²) < 4.78 is 5.44. The first-order chi connectivity index (χ1) is 8.23. The lowest BCUT2D eigenvalue weighted by Crippen LogP contribution is -2.32. The van der Waals surface area contributed by atoms with Crippen LogP contribution in [0.15, 0.2) is 18.2 Å². The molecule has 0 bridgehead atoms. The van der Waals surface area contributed by atoms with Crippen molar-refractivity contribution in [1.29, 1.82) is 0 Å². The second-order valence-corrected chi connectivity index (χ2v) is 4.78. The zero-order valence-corrected chi connectivity index (χ0v) is 10.4. The predicted octanol–water partition coefficient (Wildman–Crippen LogP) is 2.56. The highest BCUT2D eigenvalue weighted by molar-refractivity contribution is 5.49. The van der Waals surface area contributed by atoms with Gasteiger partial charge in [-0.2, -0.15) is 0 Å². The third-order valence-electron chi connectivity index (χ3n) is 3.82. The van der Waals surface area contributed by atoms with Gasteiger partial charge >= 0.3 is 0 Å². The molecule has 0 atom stereocenters. The van der Waals surface area contributed by atoms with Crippen LogP contribution in [0.5, 0.6) is 11.5 Å². The van der Waals surface area contributed by atoms with Crippen molar-refractivity contribution >= 4 is 0 Å². The van der Waals surface area contributed by atoms with Crippen molar-refractivity contribution in [2.75, 3.05) is 13.2 Å². The molecule has 1 aromatic rings. The van der Waals surface area contributed by atoms with Crippen LogP contribution in [0.4, 0.5) is 0 Å². The highest BCUT2D eigenvalue weighted by Crippen LogP contribution is 2.46. The van der Waals surface area contributed by atoms with Gasteiger partial charge in [-0.25, -0.2) is 0 Å². The fourth-order valence-electron chi connectivity index (χ4n) is 2.86. The molecule has 0 amide bonds. The van der Waals surface area contributed by atoms with E-state index in [9.17, 15) is 5.11 Å². The Morgan fingerprint density at radius 1 is 1.35 bits per heavy atom. The minimum absolute atomic E-state index is 0.0444. The van der Waals surface area contributed by atoms with Crippen molar-refractivity contribution in [3.63, 3.8) is 0 Å². The fraction of sp³-hybridized carbons (Fsp3) is 0.571. The standard InChI is InChI=1S/C14H21NO2/c1-2-17-12-7-5-6-11(13(12)16)14(10-15)8-3-4-9-14/h5-7,16H,2-4,8-10,15H2,1H3. The maximum atomic E-state index is 10.3. The van der Waals surface area contributed by atoms with Crippen molar-refractivity contribution < 1.29 is 9.84 Å². The molecule has 0 aromatic heterocycles. The number of phenolic OH excluding ortho intramolecular Hbond substituents is 1. The van der Waals surface area contributed by atoms with Crippen LogP contribution >= 0.6 is 0 Å². The van der Waals surface area contributed by atoms with Crippen LogP contribution in [0.25, 0.3) is 0 Å². The molecular formula is C14H21NO2. The Hall–Kier alpha value is -1.22. The first kappa shape index (κ1) is 12.2. The van der Waals surface area contributed by atoms with Gasteiger partial charge in [-0.3, -0.25) is 0 Å². The van der Waals surface area contributed by atoms with Gasteiger partial charge in [0.2, 0.25) is 0 Å². The third-order valence-corrected chi connectivity index (χ3v) is 3.82. The molecule has 1 aromatic carbocycles. The van der Waals surface area contributed by atoms with E-state index in [0.29, 0.717) is 18.9 Å². The monoisotopic (exact) mass is 235 g/mol. The SMILES string of the molecule is CCOc1cccc(C2(CN)CCCC2)c1O. The number of aromatic hydroxyl groups is 1. The largest absolute Gasteiger partial charge is 0.504 e. The number of rotatable bonds is 4. The molecule has 0 saturated heterocycles. The molecule has 0 spiro atoms. The smallest absolute Gasteiger partial charge is 0.161 e. The zero-order chi connectivity index (χ0) is 12.3. The molecule has 2 rings (SSSR count). The molecule has 94 valence electrons. The highest BCUT2D eigenvalue weighted by atomic mass is 16.5. The Labute approximate surface area is 103 Å². The summed E-state index contributed by atoms with van der Waals surface area (Å²) in [6.07, 6.45) is 4.50. The van der Waals surface area contributed by atoms with E-state index >= 15 is 0 Å². The summed E-state index contributed by atoms with van der Waals surface area (Å²) in [6, 6.07) is 5.73. The zero-order valence-electron chi connectivity index (χ0n) is 10.4. The summed E-state index contributed by atoms with van der Waals surface area (Å²) in [6.45, 7) is 3.07. The molecule has 3 heteroatoms. The van der Waals surface area contributed by atoms with Gasteiger partial charge in [0, 0.05) is 17.5 Å². The van der Waals surface area contributed by atoms with Gasteiger partial charge in [0.15, 0.2) is 11.5 Å². The minimum Gasteiger partial charge on any atom is -0.504 e. The maximum Gasteiger partial charge on any atom is 0.161 e. The van der Waals surface area contributed by atoms with Crippen LogP contribution < -0.4 is 10.5 Å². The highest BCUT2D eigenvalue weighted by Gasteiger charge is 2.36. The summed E-state index contributed by atoms with van der Waals surface area (Å²) in [7, 11) is 0. The Bertz CT molecular complexity index is 384. The first-order valence-electron chi connectivity index (χ1n) is 6.39. The van der Waals surface area contributed by atoms with E-state index in [2.05, 4.69) is 0 Å². The van der Waals surface area contributed by atoms with E-state index in [0.717, 1.165) is 18.4 Å². The van der Waals surface area contributed by atoms with Gasteiger partial charge in [-0.1, -0.05) is 25.0 Å². The first-order valence-corrected chi connectivity index (χ1v) is 6.39. The van der Waals surface area contributed by atoms with Crippen molar-refractivity contribution in [3.8, 4) is 11.5 Å². The Kier molecular flexibility index (Phi) is 3.57. The molecule has 1 aliphatic rings. The van der Waals surface area contributed by atoms with Crippen LogP contribution in [0, 0.1) is 0 Å². The number of hydrogen-bond donors (Lipinski definition) is 2. The van der Waals surface area contributed by atoms with E-state index in [1.54, 1.807) is 0 Å². The van der Waals surface area contributed by atoms with Gasteiger partial charge in [-0.05, 0) is 25.8 Å². The second-order valence-electron chi connectivity index (χ2n) is 4.78. The normalized spacial score (nSPS) is 18.2. The lowest BCUT2D eigenvalue weighted by molar-refractivity contribution is 0.311. The van der Waals surface area contributed by atoms with E-state index in [1.165, 1.54) is 12.8 Å². The number of para-hydroxylation sites is 1. The maximum absolute atomic E-state index is 10.3. The molecule has 1 saturated carbocycles. The molecule has 1 fully saturated rings. The van der Waals surface area contributed by atoms with E-state index in [1.807, 2.05) is 25.1 Å². The van der Waals surface area contributed by atoms with E-state index < -0.39 is 0 Å². The van der Waals surface area contributed by atoms with Gasteiger partial charge in [-0.15, -0.1) is 0 Å². The number of hydrogen-bond acceptors (Lipinski definition) is 3. The molecule has 0 aliphatic heterocycles. The summed E-state index contributed by atoms with van der Waals surface area (Å²) in [5.41, 5.74) is 6.86. The lowest BCUT2D eigenvalue weighted by Gasteiger charge is -2.29. The Balaban J connectivity index is 2.40. The summed E-state index contributed by atoms with van der Waals surface area (Å²) in [5, 5.41) is 10.3. The average molecular weight is 235 g/mol. The predicted molar refractivity (Wildman–Crippen MR) is 68.5 cm³/mol. The second kappa shape index (κ2) is 4.96. The van der Waals surface area contributed by atoms with Crippen LogP contribution in [0.1, 0.15) is 38.2 Å². The van der Waals surface area contributed by atoms with Gasteiger partial charge < -0.3 is 15.6 Å². The van der Waals surface area contributed by atoms with Gasteiger partial charge in [0.05, 0.1) is 6.61 Å². The number of benzene rings is 1. The third kappa shape index (κ3) is 2.12. The van der Waals surface area contributed by atoms with Crippen molar-refractivity contribution in [2.24, 2.45) is 5.73 Å². The average Bonchev–Trinajstić information content (AvgIpc) is 2.82. The van der Waals surface area contributed by atoms with E-state index in [-0.39, 0.29) is 11.2 Å². The summed E-state index contributed by atoms with van der Waals surface area (Å²) in [5.74, 6) is 0.853. The molecule has 0 unspecified atom stereocenters. The molecule has 1 aliphatic carbocycles. The van der Waals surface area contributed by atoms with Gasteiger partial charge in [0.25, 0.3) is 0 Å². The fourth-order valence-corrected chi connectivity index (χ4v) is 2.86. The molecule has 0 radical (unpaired) electrons. The van der Waals surface area contributed by atoms with Crippen LogP contribution in [-0.2, 0) is 5.41 Å². The van der Waals surface area contributed by atoms with Crippen LogP contribution in [0.2, 0.25) is 0 Å². The Morgan fingerprint density at radius 2 is 2.06 bits per heavy atom.